The maximum Gasteiger partial charge on any atom is 0.341 e. The zero-order valence-corrected chi connectivity index (χ0v) is 14.8. The number of hydrogen-bond acceptors (Lipinski definition) is 5. The number of aliphatic imine (C=N–C) groups is 1. The van der Waals surface area contributed by atoms with E-state index >= 15 is 0 Å². The van der Waals surface area contributed by atoms with E-state index < -0.39 is 11.3 Å². The Morgan fingerprint density at radius 2 is 1.96 bits per heavy atom. The smallest absolute Gasteiger partial charge is 0.341 e. The van der Waals surface area contributed by atoms with Crippen molar-refractivity contribution in [1.82, 2.24) is 0 Å². The van der Waals surface area contributed by atoms with E-state index in [9.17, 15) is 4.79 Å². The summed E-state index contributed by atoms with van der Waals surface area (Å²) in [7, 11) is 0. The summed E-state index contributed by atoms with van der Waals surface area (Å²) in [5.41, 5.74) is 1.06. The molecule has 1 fully saturated rings. The fourth-order valence-electron chi connectivity index (χ4n) is 4.00. The predicted molar refractivity (Wildman–Crippen MR) is 93.2 cm³/mol. The van der Waals surface area contributed by atoms with Crippen LogP contribution >= 0.6 is 0 Å². The average molecular weight is 341 g/mol. The van der Waals surface area contributed by atoms with Crippen molar-refractivity contribution in [2.24, 2.45) is 10.9 Å². The van der Waals surface area contributed by atoms with E-state index in [-0.39, 0.29) is 18.0 Å². The molecule has 1 saturated heterocycles. The summed E-state index contributed by atoms with van der Waals surface area (Å²) >= 11 is 0. The van der Waals surface area contributed by atoms with E-state index in [1.165, 1.54) is 0 Å². The van der Waals surface area contributed by atoms with Crippen LogP contribution in [-0.2, 0) is 19.0 Å². The molecule has 0 radical (unpaired) electrons. The van der Waals surface area contributed by atoms with Crippen LogP contribution in [0.15, 0.2) is 47.0 Å². The Morgan fingerprint density at radius 3 is 2.64 bits per heavy atom. The van der Waals surface area contributed by atoms with Gasteiger partial charge in [0, 0.05) is 17.9 Å². The van der Waals surface area contributed by atoms with Crippen molar-refractivity contribution in [2.45, 2.75) is 51.0 Å². The van der Waals surface area contributed by atoms with Crippen molar-refractivity contribution in [3.63, 3.8) is 0 Å². The first-order valence-electron chi connectivity index (χ1n) is 8.75. The van der Waals surface area contributed by atoms with Gasteiger partial charge in [0.1, 0.15) is 0 Å². The molecule has 3 aliphatic rings. The third-order valence-electron chi connectivity index (χ3n) is 5.23. The van der Waals surface area contributed by atoms with E-state index in [2.05, 4.69) is 6.08 Å². The van der Waals surface area contributed by atoms with Crippen LogP contribution < -0.4 is 0 Å². The SMILES string of the molecule is CC1=CC[C@@H]([C@H]2COC(C)(C)O2)[C@]2(C1)N=C(c1ccccc1)OC2=O. The van der Waals surface area contributed by atoms with Crippen LogP contribution in [0.25, 0.3) is 0 Å². The van der Waals surface area contributed by atoms with Crippen molar-refractivity contribution in [2.75, 3.05) is 6.61 Å². The summed E-state index contributed by atoms with van der Waals surface area (Å²) in [4.78, 5) is 17.8. The fourth-order valence-corrected chi connectivity index (χ4v) is 4.00. The van der Waals surface area contributed by atoms with Crippen molar-refractivity contribution >= 4 is 11.9 Å². The van der Waals surface area contributed by atoms with Crippen molar-refractivity contribution in [3.8, 4) is 0 Å². The molecule has 1 aliphatic carbocycles. The second-order valence-corrected chi connectivity index (χ2v) is 7.53. The van der Waals surface area contributed by atoms with Crippen molar-refractivity contribution in [1.29, 1.82) is 0 Å². The number of carbonyl (C=O) groups is 1. The average Bonchev–Trinajstić information content (AvgIpc) is 3.09. The van der Waals surface area contributed by atoms with Gasteiger partial charge in [-0.3, -0.25) is 0 Å². The number of benzene rings is 1. The first-order valence-corrected chi connectivity index (χ1v) is 8.75. The van der Waals surface area contributed by atoms with Gasteiger partial charge in [-0.2, -0.15) is 0 Å². The second-order valence-electron chi connectivity index (χ2n) is 7.53. The molecule has 5 nitrogen and oxygen atoms in total. The maximum absolute atomic E-state index is 12.9. The molecule has 0 unspecified atom stereocenters. The van der Waals surface area contributed by atoms with Gasteiger partial charge in [-0.05, 0) is 39.3 Å². The predicted octanol–water partition coefficient (Wildman–Crippen LogP) is 3.24. The Bertz CT molecular complexity index is 752. The molecule has 2 heterocycles. The van der Waals surface area contributed by atoms with Gasteiger partial charge in [-0.1, -0.05) is 29.8 Å². The summed E-state index contributed by atoms with van der Waals surface area (Å²) in [5.74, 6) is -0.594. The van der Waals surface area contributed by atoms with Crippen molar-refractivity contribution < 1.29 is 19.0 Å². The third-order valence-corrected chi connectivity index (χ3v) is 5.23. The molecule has 25 heavy (non-hydrogen) atoms. The van der Waals surface area contributed by atoms with Gasteiger partial charge in [0.25, 0.3) is 0 Å². The van der Waals surface area contributed by atoms with Gasteiger partial charge in [-0.25, -0.2) is 9.79 Å². The Labute approximate surface area is 147 Å². The number of carbonyl (C=O) groups excluding carboxylic acids is 1. The highest BCUT2D eigenvalue weighted by atomic mass is 16.7. The normalized spacial score (nSPS) is 34.0. The fraction of sp³-hybridized carbons (Fsp3) is 0.500. The Hall–Kier alpha value is -1.98. The zero-order valence-electron chi connectivity index (χ0n) is 14.8. The van der Waals surface area contributed by atoms with Gasteiger partial charge in [0.05, 0.1) is 12.7 Å². The molecule has 0 aromatic heterocycles. The van der Waals surface area contributed by atoms with Crippen LogP contribution in [0, 0.1) is 5.92 Å². The first-order chi connectivity index (χ1) is 11.9. The number of esters is 1. The Balaban J connectivity index is 1.72. The number of cyclic esters (lactones) is 1. The first kappa shape index (κ1) is 16.5. The lowest BCUT2D eigenvalue weighted by atomic mass is 9.71. The highest BCUT2D eigenvalue weighted by Gasteiger charge is 2.57. The molecule has 0 saturated carbocycles. The minimum Gasteiger partial charge on any atom is -0.405 e. The molecular formula is C20H23NO4. The monoisotopic (exact) mass is 341 g/mol. The molecule has 4 rings (SSSR count). The maximum atomic E-state index is 12.9. The lowest BCUT2D eigenvalue weighted by Gasteiger charge is -2.37. The van der Waals surface area contributed by atoms with Crippen LogP contribution in [0.1, 0.15) is 39.2 Å². The van der Waals surface area contributed by atoms with Gasteiger partial charge in [0.2, 0.25) is 5.90 Å². The molecule has 132 valence electrons. The Morgan fingerprint density at radius 1 is 1.20 bits per heavy atom. The third kappa shape index (κ3) is 2.81. The Kier molecular flexibility index (Phi) is 3.81. The molecule has 5 heteroatoms. The number of nitrogens with zero attached hydrogens (tertiary/aromatic N) is 1. The topological polar surface area (TPSA) is 57.1 Å². The van der Waals surface area contributed by atoms with Crippen LogP contribution in [0.2, 0.25) is 0 Å². The molecule has 1 aromatic rings. The molecule has 2 aliphatic heterocycles. The number of hydrogen-bond donors (Lipinski definition) is 0. The molecule has 1 aromatic carbocycles. The zero-order chi connectivity index (χ0) is 17.7. The summed E-state index contributed by atoms with van der Waals surface area (Å²) in [5, 5.41) is 0. The van der Waals surface area contributed by atoms with E-state index in [0.717, 1.165) is 17.6 Å². The summed E-state index contributed by atoms with van der Waals surface area (Å²) < 4.78 is 17.4. The molecule has 0 bridgehead atoms. The molecule has 3 atom stereocenters. The number of allylic oxidation sites excluding steroid dienone is 1. The quantitative estimate of drug-likeness (QED) is 0.612. The summed E-state index contributed by atoms with van der Waals surface area (Å²) in [6.07, 6.45) is 3.29. The molecular weight excluding hydrogens is 318 g/mol. The van der Waals surface area contributed by atoms with Crippen LogP contribution in [0.4, 0.5) is 0 Å². The second kappa shape index (κ2) is 5.78. The van der Waals surface area contributed by atoms with E-state index in [1.807, 2.05) is 51.1 Å². The highest BCUT2D eigenvalue weighted by Crippen LogP contribution is 2.46. The van der Waals surface area contributed by atoms with Crippen LogP contribution in [-0.4, -0.2) is 35.9 Å². The van der Waals surface area contributed by atoms with E-state index in [1.54, 1.807) is 0 Å². The van der Waals surface area contributed by atoms with E-state index in [4.69, 9.17) is 19.2 Å². The van der Waals surface area contributed by atoms with Gasteiger partial charge < -0.3 is 14.2 Å². The van der Waals surface area contributed by atoms with Gasteiger partial charge in [0.15, 0.2) is 11.3 Å². The summed E-state index contributed by atoms with van der Waals surface area (Å²) in [6.45, 7) is 6.30. The lowest BCUT2D eigenvalue weighted by molar-refractivity contribution is -0.156. The number of ether oxygens (including phenoxy) is 3. The molecule has 0 N–H and O–H groups in total. The largest absolute Gasteiger partial charge is 0.405 e. The molecule has 1 spiro atoms. The van der Waals surface area contributed by atoms with Crippen LogP contribution in [0.3, 0.4) is 0 Å². The van der Waals surface area contributed by atoms with Gasteiger partial charge in [-0.15, -0.1) is 0 Å². The molecule has 0 amide bonds. The highest BCUT2D eigenvalue weighted by molar-refractivity contribution is 6.08. The van der Waals surface area contributed by atoms with E-state index in [0.29, 0.717) is 18.9 Å². The van der Waals surface area contributed by atoms with Gasteiger partial charge >= 0.3 is 5.97 Å². The minimum atomic E-state index is -0.918. The summed E-state index contributed by atoms with van der Waals surface area (Å²) in [6, 6.07) is 9.57. The van der Waals surface area contributed by atoms with Crippen molar-refractivity contribution in [3.05, 3.63) is 47.5 Å². The standard InChI is InChI=1S/C20H23NO4/c1-13-9-10-15(16-12-23-19(2,3)25-16)20(11-13)18(22)24-17(21-20)14-7-5-4-6-8-14/h4-9,15-16H,10-12H2,1-3H3/t15-,16+,20-/m0/s1. The minimum absolute atomic E-state index is 0.0910. The van der Waals surface area contributed by atoms with Crippen LogP contribution in [0.5, 0.6) is 0 Å². The number of rotatable bonds is 2. The lowest BCUT2D eigenvalue weighted by Crippen LogP contribution is -2.50.